The van der Waals surface area contributed by atoms with Gasteiger partial charge in [-0.1, -0.05) is 30.3 Å². The largest absolute Gasteiger partial charge is 0.352 e. The summed E-state index contributed by atoms with van der Waals surface area (Å²) in [7, 11) is 5.97. The van der Waals surface area contributed by atoms with E-state index < -0.39 is 0 Å². The number of hydrogen-bond acceptors (Lipinski definition) is 3. The molecular formula is C17H25IN4S. The van der Waals surface area contributed by atoms with Gasteiger partial charge in [-0.15, -0.1) is 35.3 Å². The van der Waals surface area contributed by atoms with Crippen molar-refractivity contribution in [3.63, 3.8) is 0 Å². The Kier molecular flexibility index (Phi) is 9.20. The SMILES string of the molecule is CN=C(NCc1cccc(CN(C)C)c1)NCc1cccs1.I. The van der Waals surface area contributed by atoms with Crippen LogP contribution in [0.2, 0.25) is 0 Å². The zero-order chi connectivity index (χ0) is 15.8. The molecule has 23 heavy (non-hydrogen) atoms. The van der Waals surface area contributed by atoms with E-state index in [1.54, 1.807) is 18.4 Å². The lowest BCUT2D eigenvalue weighted by atomic mass is 10.1. The zero-order valence-electron chi connectivity index (χ0n) is 13.9. The van der Waals surface area contributed by atoms with Gasteiger partial charge in [0.05, 0.1) is 6.54 Å². The first kappa shape index (κ1) is 19.9. The van der Waals surface area contributed by atoms with Crippen molar-refractivity contribution in [1.82, 2.24) is 15.5 Å². The maximum absolute atomic E-state index is 4.26. The van der Waals surface area contributed by atoms with Crippen molar-refractivity contribution in [3.05, 3.63) is 57.8 Å². The second-order valence-corrected chi connectivity index (χ2v) is 6.45. The zero-order valence-corrected chi connectivity index (χ0v) is 17.0. The van der Waals surface area contributed by atoms with Gasteiger partial charge in [0.2, 0.25) is 0 Å². The Morgan fingerprint density at radius 2 is 1.83 bits per heavy atom. The molecule has 0 aliphatic carbocycles. The molecule has 0 fully saturated rings. The number of aliphatic imine (C=N–C) groups is 1. The van der Waals surface area contributed by atoms with Crippen LogP contribution in [0.4, 0.5) is 0 Å². The lowest BCUT2D eigenvalue weighted by Gasteiger charge is -2.13. The predicted octanol–water partition coefficient (Wildman–Crippen LogP) is 3.29. The second kappa shape index (κ2) is 10.6. The highest BCUT2D eigenvalue weighted by Gasteiger charge is 2.01. The van der Waals surface area contributed by atoms with E-state index >= 15 is 0 Å². The van der Waals surface area contributed by atoms with Gasteiger partial charge in [0.15, 0.2) is 5.96 Å². The van der Waals surface area contributed by atoms with Crippen LogP contribution >= 0.6 is 35.3 Å². The van der Waals surface area contributed by atoms with Crippen LogP contribution in [-0.4, -0.2) is 32.0 Å². The quantitative estimate of drug-likeness (QED) is 0.408. The standard InChI is InChI=1S/C17H24N4S.HI/c1-18-17(20-12-16-8-5-9-22-16)19-11-14-6-4-7-15(10-14)13-21(2)3;/h4-10H,11-13H2,1-3H3,(H2,18,19,20);1H. The van der Waals surface area contributed by atoms with Crippen molar-refractivity contribution in [3.8, 4) is 0 Å². The maximum Gasteiger partial charge on any atom is 0.191 e. The molecule has 0 saturated carbocycles. The third-order valence-corrected chi connectivity index (χ3v) is 4.06. The third kappa shape index (κ3) is 7.32. The van der Waals surface area contributed by atoms with Crippen LogP contribution in [0.5, 0.6) is 0 Å². The van der Waals surface area contributed by atoms with Crippen LogP contribution in [0.1, 0.15) is 16.0 Å². The van der Waals surface area contributed by atoms with Gasteiger partial charge in [0.1, 0.15) is 0 Å². The molecule has 126 valence electrons. The van der Waals surface area contributed by atoms with Crippen molar-refractivity contribution in [2.45, 2.75) is 19.6 Å². The molecule has 0 aliphatic heterocycles. The molecule has 2 N–H and O–H groups in total. The minimum atomic E-state index is 0. The molecule has 0 atom stereocenters. The summed E-state index contributed by atoms with van der Waals surface area (Å²) < 4.78 is 0. The molecule has 0 aliphatic rings. The number of hydrogen-bond donors (Lipinski definition) is 2. The Morgan fingerprint density at radius 1 is 1.09 bits per heavy atom. The van der Waals surface area contributed by atoms with Gasteiger partial charge in [-0.3, -0.25) is 4.99 Å². The number of benzene rings is 1. The number of nitrogens with zero attached hydrogens (tertiary/aromatic N) is 2. The van der Waals surface area contributed by atoms with Crippen LogP contribution in [0.3, 0.4) is 0 Å². The molecule has 1 heterocycles. The Labute approximate surface area is 160 Å². The van der Waals surface area contributed by atoms with E-state index in [9.17, 15) is 0 Å². The highest BCUT2D eigenvalue weighted by molar-refractivity contribution is 14.0. The molecule has 0 amide bonds. The predicted molar refractivity (Wildman–Crippen MR) is 111 cm³/mol. The molecule has 0 spiro atoms. The Bertz CT molecular complexity index is 596. The summed E-state index contributed by atoms with van der Waals surface area (Å²) in [5.41, 5.74) is 2.59. The minimum Gasteiger partial charge on any atom is -0.352 e. The summed E-state index contributed by atoms with van der Waals surface area (Å²) in [5.74, 6) is 0.825. The Morgan fingerprint density at radius 3 is 2.48 bits per heavy atom. The molecule has 4 nitrogen and oxygen atoms in total. The molecule has 1 aromatic heterocycles. The first-order valence-electron chi connectivity index (χ1n) is 7.37. The monoisotopic (exact) mass is 444 g/mol. The van der Waals surface area contributed by atoms with Crippen molar-refractivity contribution in [2.75, 3.05) is 21.1 Å². The summed E-state index contributed by atoms with van der Waals surface area (Å²) in [6.45, 7) is 2.53. The van der Waals surface area contributed by atoms with Crippen molar-refractivity contribution in [1.29, 1.82) is 0 Å². The van der Waals surface area contributed by atoms with Crippen molar-refractivity contribution < 1.29 is 0 Å². The van der Waals surface area contributed by atoms with Gasteiger partial charge in [-0.25, -0.2) is 0 Å². The molecule has 0 unspecified atom stereocenters. The highest BCUT2D eigenvalue weighted by Crippen LogP contribution is 2.08. The van der Waals surface area contributed by atoms with E-state index in [4.69, 9.17) is 0 Å². The van der Waals surface area contributed by atoms with E-state index in [1.165, 1.54) is 16.0 Å². The summed E-state index contributed by atoms with van der Waals surface area (Å²) >= 11 is 1.75. The van der Waals surface area contributed by atoms with Crippen molar-refractivity contribution >= 4 is 41.3 Å². The van der Waals surface area contributed by atoms with Crippen LogP contribution in [0.25, 0.3) is 0 Å². The van der Waals surface area contributed by atoms with Gasteiger partial charge in [0.25, 0.3) is 0 Å². The van der Waals surface area contributed by atoms with Crippen LogP contribution in [0, 0.1) is 0 Å². The number of halogens is 1. The molecule has 0 bridgehead atoms. The van der Waals surface area contributed by atoms with Gasteiger partial charge in [0, 0.05) is 25.0 Å². The van der Waals surface area contributed by atoms with E-state index in [-0.39, 0.29) is 24.0 Å². The Hall–Kier alpha value is -1.12. The lowest BCUT2D eigenvalue weighted by molar-refractivity contribution is 0.402. The molecular weight excluding hydrogens is 419 g/mol. The Balaban J connectivity index is 0.00000264. The van der Waals surface area contributed by atoms with Gasteiger partial charge in [-0.05, 0) is 36.7 Å². The van der Waals surface area contributed by atoms with E-state index in [0.717, 1.165) is 25.6 Å². The third-order valence-electron chi connectivity index (χ3n) is 3.18. The first-order valence-corrected chi connectivity index (χ1v) is 8.25. The van der Waals surface area contributed by atoms with E-state index in [1.807, 2.05) is 0 Å². The number of nitrogens with one attached hydrogen (secondary N) is 2. The van der Waals surface area contributed by atoms with Crippen LogP contribution < -0.4 is 10.6 Å². The van der Waals surface area contributed by atoms with Crippen LogP contribution in [0.15, 0.2) is 46.8 Å². The molecule has 2 aromatic rings. The fourth-order valence-electron chi connectivity index (χ4n) is 2.19. The first-order chi connectivity index (χ1) is 10.7. The average molecular weight is 444 g/mol. The van der Waals surface area contributed by atoms with Gasteiger partial charge >= 0.3 is 0 Å². The summed E-state index contributed by atoms with van der Waals surface area (Å²) in [4.78, 5) is 7.74. The fourth-order valence-corrected chi connectivity index (χ4v) is 2.84. The van der Waals surface area contributed by atoms with E-state index in [2.05, 4.69) is 76.4 Å². The topological polar surface area (TPSA) is 39.7 Å². The average Bonchev–Trinajstić information content (AvgIpc) is 3.00. The summed E-state index contributed by atoms with van der Waals surface area (Å²) in [6.07, 6.45) is 0. The van der Waals surface area contributed by atoms with Gasteiger partial charge in [-0.2, -0.15) is 0 Å². The lowest BCUT2D eigenvalue weighted by Crippen LogP contribution is -2.36. The number of thiophene rings is 1. The summed E-state index contributed by atoms with van der Waals surface area (Å²) in [5, 5.41) is 8.78. The maximum atomic E-state index is 4.26. The summed E-state index contributed by atoms with van der Waals surface area (Å²) in [6, 6.07) is 12.8. The number of guanidine groups is 1. The molecule has 6 heteroatoms. The smallest absolute Gasteiger partial charge is 0.191 e. The second-order valence-electron chi connectivity index (χ2n) is 5.42. The number of rotatable bonds is 6. The van der Waals surface area contributed by atoms with Crippen LogP contribution in [-0.2, 0) is 19.6 Å². The molecule has 0 radical (unpaired) electrons. The van der Waals surface area contributed by atoms with Gasteiger partial charge < -0.3 is 15.5 Å². The van der Waals surface area contributed by atoms with Crippen molar-refractivity contribution in [2.24, 2.45) is 4.99 Å². The fraction of sp³-hybridized carbons (Fsp3) is 0.353. The minimum absolute atomic E-state index is 0. The normalized spacial score (nSPS) is 11.2. The molecule has 2 rings (SSSR count). The van der Waals surface area contributed by atoms with E-state index in [0.29, 0.717) is 0 Å². The molecule has 1 aromatic carbocycles. The molecule has 0 saturated heterocycles. The highest BCUT2D eigenvalue weighted by atomic mass is 127.